The van der Waals surface area contributed by atoms with Gasteiger partial charge in [-0.2, -0.15) is 0 Å². The molecule has 2 unspecified atom stereocenters. The minimum Gasteiger partial charge on any atom is -0.480 e. The first-order valence-electron chi connectivity index (χ1n) is 4.92. The summed E-state index contributed by atoms with van der Waals surface area (Å²) in [6.07, 6.45) is 1.31. The zero-order valence-corrected chi connectivity index (χ0v) is 12.8. The van der Waals surface area contributed by atoms with Crippen molar-refractivity contribution < 1.29 is 22.8 Å². The molecule has 10 heteroatoms. The highest BCUT2D eigenvalue weighted by molar-refractivity contribution is 9.12. The Morgan fingerprint density at radius 1 is 1.68 bits per heavy atom. The first-order valence-corrected chi connectivity index (χ1v) is 8.14. The molecule has 0 aliphatic carbocycles. The molecular weight excluding hydrogens is 360 g/mol. The van der Waals surface area contributed by atoms with E-state index in [-0.39, 0.29) is 4.48 Å². The van der Waals surface area contributed by atoms with E-state index in [4.69, 9.17) is 5.14 Å². The van der Waals surface area contributed by atoms with Crippen molar-refractivity contribution >= 4 is 48.6 Å². The number of carbonyl (C=O) groups is 1. The number of rotatable bonds is 3. The summed E-state index contributed by atoms with van der Waals surface area (Å²) in [6, 6.07) is 1.51. The predicted molar refractivity (Wildman–Crippen MR) is 72.9 cm³/mol. The van der Waals surface area contributed by atoms with E-state index in [9.17, 15) is 18.3 Å². The first kappa shape index (κ1) is 14.6. The smallest absolute Gasteiger partial charge is 0.319 e. The first-order chi connectivity index (χ1) is 8.69. The van der Waals surface area contributed by atoms with Gasteiger partial charge in [-0.25, -0.2) is 13.6 Å². The molecular formula is C9H9BrN2O5S2. The standard InChI is InChI=1S/C9H9BrN2O5S2/c1-9(19(11,15)16)6(10)5(4-2-3-17-12-4)18-7(9)8(13)14/h2-3,7H,1H3,(H,13,14)(H2,11,15,16). The minimum absolute atomic E-state index is 0.175. The summed E-state index contributed by atoms with van der Waals surface area (Å²) in [5.41, 5.74) is 0.357. The highest BCUT2D eigenvalue weighted by Crippen LogP contribution is 2.54. The van der Waals surface area contributed by atoms with Crippen LogP contribution in [0.15, 0.2) is 21.3 Å². The minimum atomic E-state index is -4.13. The number of carboxylic acids is 1. The van der Waals surface area contributed by atoms with Crippen LogP contribution in [0.1, 0.15) is 12.6 Å². The highest BCUT2D eigenvalue weighted by atomic mass is 79.9. The molecule has 1 aliphatic rings. The summed E-state index contributed by atoms with van der Waals surface area (Å²) in [5, 5.41) is 16.8. The summed E-state index contributed by atoms with van der Waals surface area (Å²) >= 11 is 4.02. The Morgan fingerprint density at radius 3 is 2.68 bits per heavy atom. The lowest BCUT2D eigenvalue weighted by atomic mass is 10.1. The van der Waals surface area contributed by atoms with Crippen molar-refractivity contribution in [2.75, 3.05) is 0 Å². The van der Waals surface area contributed by atoms with Gasteiger partial charge in [-0.05, 0) is 6.92 Å². The molecule has 0 amide bonds. The van der Waals surface area contributed by atoms with Crippen LogP contribution in [-0.4, -0.2) is 34.6 Å². The van der Waals surface area contributed by atoms with Crippen molar-refractivity contribution in [2.45, 2.75) is 16.9 Å². The molecule has 2 atom stereocenters. The molecule has 19 heavy (non-hydrogen) atoms. The summed E-state index contributed by atoms with van der Waals surface area (Å²) in [4.78, 5) is 11.7. The molecule has 0 aromatic carbocycles. The van der Waals surface area contributed by atoms with Gasteiger partial charge in [0, 0.05) is 15.5 Å². The number of nitrogens with two attached hydrogens (primary N) is 1. The predicted octanol–water partition coefficient (Wildman–Crippen LogP) is 0.985. The summed E-state index contributed by atoms with van der Waals surface area (Å²) in [7, 11) is -4.13. The molecule has 7 nitrogen and oxygen atoms in total. The van der Waals surface area contributed by atoms with E-state index in [0.29, 0.717) is 10.6 Å². The van der Waals surface area contributed by atoms with E-state index in [1.807, 2.05) is 0 Å². The molecule has 2 rings (SSSR count). The Labute approximate surface area is 121 Å². The molecule has 2 heterocycles. The molecule has 1 aliphatic heterocycles. The molecule has 0 bridgehead atoms. The van der Waals surface area contributed by atoms with Gasteiger partial charge in [-0.1, -0.05) is 21.1 Å². The van der Waals surface area contributed by atoms with Crippen LogP contribution in [0.3, 0.4) is 0 Å². The zero-order valence-electron chi connectivity index (χ0n) is 9.53. The molecule has 0 saturated heterocycles. The summed E-state index contributed by atoms with van der Waals surface area (Å²) in [5.74, 6) is -1.27. The fourth-order valence-corrected chi connectivity index (χ4v) is 5.81. The van der Waals surface area contributed by atoms with Crippen molar-refractivity contribution in [1.82, 2.24) is 5.16 Å². The molecule has 1 aromatic heterocycles. The quantitative estimate of drug-likeness (QED) is 0.814. The van der Waals surface area contributed by atoms with Crippen LogP contribution in [0.25, 0.3) is 4.91 Å². The fraction of sp³-hybridized carbons (Fsp3) is 0.333. The van der Waals surface area contributed by atoms with Crippen LogP contribution in [0, 0.1) is 0 Å². The summed E-state index contributed by atoms with van der Waals surface area (Å²) in [6.45, 7) is 1.27. The van der Waals surface area contributed by atoms with Crippen molar-refractivity contribution in [3.8, 4) is 0 Å². The van der Waals surface area contributed by atoms with E-state index < -0.39 is 26.0 Å². The molecule has 3 N–H and O–H groups in total. The van der Waals surface area contributed by atoms with Gasteiger partial charge in [0.05, 0.1) is 0 Å². The van der Waals surface area contributed by atoms with Crippen LogP contribution in [0.5, 0.6) is 0 Å². The number of hydrogen-bond acceptors (Lipinski definition) is 6. The van der Waals surface area contributed by atoms with E-state index >= 15 is 0 Å². The second kappa shape index (κ2) is 4.62. The van der Waals surface area contributed by atoms with Crippen molar-refractivity contribution in [2.24, 2.45) is 5.14 Å². The van der Waals surface area contributed by atoms with Crippen molar-refractivity contribution in [3.05, 3.63) is 22.5 Å². The van der Waals surface area contributed by atoms with Gasteiger partial charge >= 0.3 is 5.97 Å². The maximum absolute atomic E-state index is 11.8. The van der Waals surface area contributed by atoms with Crippen molar-refractivity contribution in [1.29, 1.82) is 0 Å². The lowest BCUT2D eigenvalue weighted by Crippen LogP contribution is -2.50. The third-order valence-electron chi connectivity index (χ3n) is 2.86. The van der Waals surface area contributed by atoms with Crippen LogP contribution in [0.4, 0.5) is 0 Å². The van der Waals surface area contributed by atoms with Crippen LogP contribution in [-0.2, 0) is 14.8 Å². The number of thioether (sulfide) groups is 1. The number of primary sulfonamides is 1. The highest BCUT2D eigenvalue weighted by Gasteiger charge is 2.57. The Kier molecular flexibility index (Phi) is 3.54. The number of aliphatic carboxylic acids is 1. The number of nitrogens with zero attached hydrogens (tertiary/aromatic N) is 1. The Hall–Kier alpha value is -0.840. The van der Waals surface area contributed by atoms with Gasteiger partial charge in [0.25, 0.3) is 0 Å². The van der Waals surface area contributed by atoms with Gasteiger partial charge in [0.2, 0.25) is 10.0 Å². The van der Waals surface area contributed by atoms with Gasteiger partial charge in [0.1, 0.15) is 22.0 Å². The number of halogens is 1. The Bertz CT molecular complexity index is 654. The van der Waals surface area contributed by atoms with E-state index in [1.54, 1.807) is 0 Å². The average Bonchev–Trinajstić information content (AvgIpc) is 2.86. The maximum atomic E-state index is 11.8. The monoisotopic (exact) mass is 368 g/mol. The van der Waals surface area contributed by atoms with E-state index in [0.717, 1.165) is 11.8 Å². The van der Waals surface area contributed by atoms with Gasteiger partial charge in [-0.3, -0.25) is 4.79 Å². The molecule has 0 radical (unpaired) electrons. The Balaban J connectivity index is 2.64. The number of carboxylic acid groups (broad SMARTS) is 1. The van der Waals surface area contributed by atoms with Gasteiger partial charge in [0.15, 0.2) is 0 Å². The van der Waals surface area contributed by atoms with Gasteiger partial charge in [-0.15, -0.1) is 11.8 Å². The average molecular weight is 369 g/mol. The topological polar surface area (TPSA) is 123 Å². The van der Waals surface area contributed by atoms with Crippen molar-refractivity contribution in [3.63, 3.8) is 0 Å². The maximum Gasteiger partial charge on any atom is 0.319 e. The van der Waals surface area contributed by atoms with E-state index in [1.165, 1.54) is 19.3 Å². The largest absolute Gasteiger partial charge is 0.480 e. The van der Waals surface area contributed by atoms with Gasteiger partial charge < -0.3 is 9.63 Å². The third kappa shape index (κ3) is 2.12. The summed E-state index contributed by atoms with van der Waals surface area (Å²) < 4.78 is 26.7. The normalized spacial score (nSPS) is 27.8. The Morgan fingerprint density at radius 2 is 2.32 bits per heavy atom. The van der Waals surface area contributed by atoms with Crippen LogP contribution < -0.4 is 5.14 Å². The molecule has 0 saturated carbocycles. The lowest BCUT2D eigenvalue weighted by Gasteiger charge is -2.26. The second-order valence-corrected chi connectivity index (χ2v) is 7.86. The van der Waals surface area contributed by atoms with E-state index in [2.05, 4.69) is 25.6 Å². The fourth-order valence-electron chi connectivity index (χ4n) is 1.69. The second-order valence-electron chi connectivity index (χ2n) is 4.02. The molecule has 1 aromatic rings. The SMILES string of the molecule is CC1(S(N)(=O)=O)C(Br)=C(c2ccon2)SC1C(=O)O. The lowest BCUT2D eigenvalue weighted by molar-refractivity contribution is -0.136. The molecule has 104 valence electrons. The number of hydrogen-bond donors (Lipinski definition) is 2. The molecule has 0 spiro atoms. The number of aromatic nitrogens is 1. The zero-order chi connectivity index (χ0) is 14.4. The third-order valence-corrected chi connectivity index (χ3v) is 7.93. The number of sulfonamides is 1. The van der Waals surface area contributed by atoms with Crippen LogP contribution >= 0.6 is 27.7 Å². The molecule has 0 fully saturated rings. The van der Waals surface area contributed by atoms with Crippen LogP contribution in [0.2, 0.25) is 0 Å².